The first-order valence-electron chi connectivity index (χ1n) is 8.62. The van der Waals surface area contributed by atoms with Gasteiger partial charge in [-0.2, -0.15) is 5.10 Å². The Labute approximate surface area is 156 Å². The number of carbonyl (C=O) groups is 1. The molecule has 1 aliphatic heterocycles. The number of rotatable bonds is 4. The van der Waals surface area contributed by atoms with E-state index in [2.05, 4.69) is 25.7 Å². The molecule has 8 nitrogen and oxygen atoms in total. The molecule has 0 fully saturated rings. The molecule has 27 heavy (non-hydrogen) atoms. The van der Waals surface area contributed by atoms with Crippen molar-refractivity contribution in [3.05, 3.63) is 60.0 Å². The summed E-state index contributed by atoms with van der Waals surface area (Å²) >= 11 is 0. The number of nitrogens with one attached hydrogen (secondary N) is 2. The van der Waals surface area contributed by atoms with Crippen LogP contribution in [-0.2, 0) is 28.6 Å². The molecule has 2 aromatic heterocycles. The predicted octanol–water partition coefficient (Wildman–Crippen LogP) is 2.38. The molecule has 0 bridgehead atoms. The lowest BCUT2D eigenvalue weighted by atomic mass is 9.82. The average Bonchev–Trinajstić information content (AvgIpc) is 3.08. The molecule has 138 valence electrons. The van der Waals surface area contributed by atoms with Crippen molar-refractivity contribution in [2.24, 2.45) is 7.05 Å². The molecular weight excluding hydrogens is 344 g/mol. The number of aromatic nitrogens is 4. The number of hydrogen-bond donors (Lipinski definition) is 2. The van der Waals surface area contributed by atoms with Crippen LogP contribution in [0.3, 0.4) is 0 Å². The van der Waals surface area contributed by atoms with Crippen molar-refractivity contribution in [2.75, 3.05) is 17.2 Å². The van der Waals surface area contributed by atoms with Crippen LogP contribution in [0.2, 0.25) is 0 Å². The van der Waals surface area contributed by atoms with Crippen molar-refractivity contribution in [1.29, 1.82) is 0 Å². The Morgan fingerprint density at radius 1 is 1.26 bits per heavy atom. The molecule has 0 saturated heterocycles. The number of carbonyl (C=O) groups excluding carboxylic acids is 1. The van der Waals surface area contributed by atoms with Gasteiger partial charge in [-0.05, 0) is 19.1 Å². The minimum absolute atomic E-state index is 0.216. The molecule has 0 aliphatic carbocycles. The largest absolute Gasteiger partial charge is 0.375 e. The molecule has 8 heteroatoms. The average molecular weight is 364 g/mol. The first-order valence-corrected chi connectivity index (χ1v) is 8.62. The van der Waals surface area contributed by atoms with Gasteiger partial charge in [-0.1, -0.05) is 18.2 Å². The second-order valence-corrected chi connectivity index (χ2v) is 6.71. The number of hydrogen-bond acceptors (Lipinski definition) is 6. The van der Waals surface area contributed by atoms with E-state index in [9.17, 15) is 4.79 Å². The van der Waals surface area contributed by atoms with Gasteiger partial charge in [0.2, 0.25) is 11.9 Å². The second kappa shape index (κ2) is 6.81. The molecule has 1 unspecified atom stereocenters. The van der Waals surface area contributed by atoms with E-state index < -0.39 is 5.41 Å². The minimum Gasteiger partial charge on any atom is -0.375 e. The Kier molecular flexibility index (Phi) is 4.33. The van der Waals surface area contributed by atoms with Gasteiger partial charge in [0.1, 0.15) is 5.41 Å². The Morgan fingerprint density at radius 2 is 2.07 bits per heavy atom. The molecule has 1 aromatic carbocycles. The van der Waals surface area contributed by atoms with Crippen LogP contribution in [0.25, 0.3) is 0 Å². The number of aryl methyl sites for hydroxylation is 1. The number of benzene rings is 1. The fourth-order valence-electron chi connectivity index (χ4n) is 3.04. The summed E-state index contributed by atoms with van der Waals surface area (Å²) in [5.74, 6) is 0.720. The van der Waals surface area contributed by atoms with E-state index >= 15 is 0 Å². The summed E-state index contributed by atoms with van der Waals surface area (Å²) in [5.41, 5.74) is 1.40. The standard InChI is InChI=1S/C19H20N6O2/c1-19(17(26)22-15-8-9-25(2)24-15)12-27-11-13-10-20-18(23-16(13)19)21-14-6-4-3-5-7-14/h3-10H,11-12H2,1-2H3,(H,20,21,23)(H,22,24,26). The van der Waals surface area contributed by atoms with Gasteiger partial charge >= 0.3 is 0 Å². The van der Waals surface area contributed by atoms with Gasteiger partial charge in [-0.15, -0.1) is 0 Å². The first kappa shape index (κ1) is 17.2. The van der Waals surface area contributed by atoms with Crippen LogP contribution in [0.4, 0.5) is 17.5 Å². The second-order valence-electron chi connectivity index (χ2n) is 6.71. The van der Waals surface area contributed by atoms with Gasteiger partial charge in [0.15, 0.2) is 5.82 Å². The number of amides is 1. The summed E-state index contributed by atoms with van der Waals surface area (Å²) in [7, 11) is 1.80. The van der Waals surface area contributed by atoms with Crippen molar-refractivity contribution in [2.45, 2.75) is 18.9 Å². The monoisotopic (exact) mass is 364 g/mol. The summed E-state index contributed by atoms with van der Waals surface area (Å²) in [4.78, 5) is 22.0. The Balaban J connectivity index is 1.64. The van der Waals surface area contributed by atoms with Gasteiger partial charge in [0.25, 0.3) is 0 Å². The van der Waals surface area contributed by atoms with Crippen molar-refractivity contribution in [3.63, 3.8) is 0 Å². The van der Waals surface area contributed by atoms with E-state index in [1.807, 2.05) is 37.3 Å². The van der Waals surface area contributed by atoms with E-state index in [1.165, 1.54) is 0 Å². The number of ether oxygens (including phenoxy) is 1. The Bertz CT molecular complexity index is 971. The Hall–Kier alpha value is -3.26. The number of anilines is 3. The van der Waals surface area contributed by atoms with Crippen LogP contribution in [0.1, 0.15) is 18.2 Å². The fraction of sp³-hybridized carbons (Fsp3) is 0.263. The van der Waals surface area contributed by atoms with Crippen LogP contribution in [0.15, 0.2) is 48.8 Å². The van der Waals surface area contributed by atoms with Crippen molar-refractivity contribution in [3.8, 4) is 0 Å². The lowest BCUT2D eigenvalue weighted by Crippen LogP contribution is -2.45. The van der Waals surface area contributed by atoms with Crippen LogP contribution in [0.5, 0.6) is 0 Å². The number of fused-ring (bicyclic) bond motifs is 1. The molecule has 1 aliphatic rings. The summed E-state index contributed by atoms with van der Waals surface area (Å²) in [6.07, 6.45) is 3.48. The van der Waals surface area contributed by atoms with Crippen molar-refractivity contribution < 1.29 is 9.53 Å². The predicted molar refractivity (Wildman–Crippen MR) is 101 cm³/mol. The van der Waals surface area contributed by atoms with Crippen molar-refractivity contribution >= 4 is 23.4 Å². The van der Waals surface area contributed by atoms with E-state index in [0.29, 0.717) is 24.1 Å². The molecule has 1 atom stereocenters. The third-order valence-corrected chi connectivity index (χ3v) is 4.52. The van der Waals surface area contributed by atoms with Gasteiger partial charge in [0.05, 0.1) is 18.9 Å². The smallest absolute Gasteiger partial charge is 0.239 e. The lowest BCUT2D eigenvalue weighted by Gasteiger charge is -2.33. The summed E-state index contributed by atoms with van der Waals surface area (Å²) < 4.78 is 7.28. The molecule has 0 saturated carbocycles. The molecule has 3 aromatic rings. The number of para-hydroxylation sites is 1. The highest BCUT2D eigenvalue weighted by atomic mass is 16.5. The molecular formula is C19H20N6O2. The third kappa shape index (κ3) is 3.39. The van der Waals surface area contributed by atoms with Crippen LogP contribution < -0.4 is 10.6 Å². The normalized spacial score (nSPS) is 18.6. The maximum Gasteiger partial charge on any atom is 0.239 e. The zero-order chi connectivity index (χ0) is 18.9. The van der Waals surface area contributed by atoms with Crippen molar-refractivity contribution in [1.82, 2.24) is 19.7 Å². The Morgan fingerprint density at radius 3 is 2.81 bits per heavy atom. The molecule has 0 radical (unpaired) electrons. The minimum atomic E-state index is -0.943. The van der Waals surface area contributed by atoms with Gasteiger partial charge in [-0.3, -0.25) is 9.48 Å². The maximum absolute atomic E-state index is 13.0. The SMILES string of the molecule is Cn1ccc(NC(=O)C2(C)COCc3cnc(Nc4ccccc4)nc32)n1. The summed E-state index contributed by atoms with van der Waals surface area (Å²) in [6.45, 7) is 2.44. The molecule has 2 N–H and O–H groups in total. The van der Waals surface area contributed by atoms with Gasteiger partial charge in [-0.25, -0.2) is 9.97 Å². The highest BCUT2D eigenvalue weighted by Crippen LogP contribution is 2.32. The molecule has 0 spiro atoms. The van der Waals surface area contributed by atoms with E-state index in [0.717, 1.165) is 11.3 Å². The topological polar surface area (TPSA) is 94.0 Å². The molecule has 1 amide bonds. The van der Waals surface area contributed by atoms with Crippen LogP contribution in [0, 0.1) is 0 Å². The highest BCUT2D eigenvalue weighted by Gasteiger charge is 2.42. The summed E-state index contributed by atoms with van der Waals surface area (Å²) in [6, 6.07) is 11.4. The third-order valence-electron chi connectivity index (χ3n) is 4.52. The summed E-state index contributed by atoms with van der Waals surface area (Å²) in [5, 5.41) is 10.2. The van der Waals surface area contributed by atoms with Crippen LogP contribution >= 0.6 is 0 Å². The van der Waals surface area contributed by atoms with Gasteiger partial charge < -0.3 is 15.4 Å². The lowest BCUT2D eigenvalue weighted by molar-refractivity contribution is -0.124. The van der Waals surface area contributed by atoms with E-state index in [4.69, 9.17) is 4.74 Å². The molecule has 3 heterocycles. The first-order chi connectivity index (χ1) is 13.0. The van der Waals surface area contributed by atoms with E-state index in [1.54, 1.807) is 30.2 Å². The quantitative estimate of drug-likeness (QED) is 0.738. The number of nitrogens with zero attached hydrogens (tertiary/aromatic N) is 4. The fourth-order valence-corrected chi connectivity index (χ4v) is 3.04. The van der Waals surface area contributed by atoms with E-state index in [-0.39, 0.29) is 12.5 Å². The van der Waals surface area contributed by atoms with Crippen LogP contribution in [-0.4, -0.2) is 32.3 Å². The maximum atomic E-state index is 13.0. The highest BCUT2D eigenvalue weighted by molar-refractivity contribution is 5.98. The van der Waals surface area contributed by atoms with Gasteiger partial charge in [0, 0.05) is 36.8 Å². The zero-order valence-corrected chi connectivity index (χ0v) is 15.1. The zero-order valence-electron chi connectivity index (χ0n) is 15.1. The molecule has 4 rings (SSSR count).